The lowest BCUT2D eigenvalue weighted by molar-refractivity contribution is -0.220. The molecule has 13 heteroatoms. The normalized spacial score (nSPS) is 22.3. The number of carbonyl (C=O) groups is 1. The molecule has 6 atom stereocenters. The Bertz CT molecular complexity index is 1050. The first kappa shape index (κ1) is 57.1. The summed E-state index contributed by atoms with van der Waals surface area (Å²) < 4.78 is 34.2. The van der Waals surface area contributed by atoms with Gasteiger partial charge in [0.25, 0.3) is 0 Å². The molecule has 1 rings (SSSR count). The van der Waals surface area contributed by atoms with Crippen LogP contribution in [-0.2, 0) is 27.9 Å². The molecule has 0 radical (unpaired) electrons. The van der Waals surface area contributed by atoms with Crippen LogP contribution in [0.15, 0.2) is 12.2 Å². The molecule has 0 saturated heterocycles. The van der Waals surface area contributed by atoms with Crippen molar-refractivity contribution >= 4 is 13.8 Å². The Morgan fingerprint density at radius 3 is 1.32 bits per heavy atom. The Hall–Kier alpha value is -0.920. The summed E-state index contributed by atoms with van der Waals surface area (Å²) in [6.45, 7) is 4.28. The molecule has 0 bridgehead atoms. The summed E-state index contributed by atoms with van der Waals surface area (Å²) in [5.74, 6) is -0.475. The molecular formula is C47H91O12P. The van der Waals surface area contributed by atoms with Crippen LogP contribution in [0.5, 0.6) is 0 Å². The van der Waals surface area contributed by atoms with E-state index in [9.17, 15) is 39.8 Å². The van der Waals surface area contributed by atoms with Gasteiger partial charge in [-0.05, 0) is 38.5 Å². The lowest BCUT2D eigenvalue weighted by atomic mass is 9.85. The van der Waals surface area contributed by atoms with E-state index in [2.05, 4.69) is 26.0 Å². The summed E-state index contributed by atoms with van der Waals surface area (Å²) in [5.41, 5.74) is 0. The van der Waals surface area contributed by atoms with Crippen molar-refractivity contribution in [2.75, 3.05) is 19.8 Å². The quantitative estimate of drug-likeness (QED) is 0.0147. The van der Waals surface area contributed by atoms with Crippen LogP contribution in [-0.4, -0.2) is 98.9 Å². The van der Waals surface area contributed by atoms with Gasteiger partial charge in [0.1, 0.15) is 42.7 Å². The highest BCUT2D eigenvalue weighted by molar-refractivity contribution is 7.47. The van der Waals surface area contributed by atoms with Crippen LogP contribution in [0.1, 0.15) is 219 Å². The van der Waals surface area contributed by atoms with Gasteiger partial charge in [0.2, 0.25) is 0 Å². The molecule has 0 heterocycles. The van der Waals surface area contributed by atoms with E-state index in [1.165, 1.54) is 154 Å². The molecule has 1 aliphatic rings. The molecule has 0 aromatic carbocycles. The molecular weight excluding hydrogens is 787 g/mol. The Morgan fingerprint density at radius 2 is 0.883 bits per heavy atom. The first-order valence-electron chi connectivity index (χ1n) is 24.5. The smallest absolute Gasteiger partial charge is 0.457 e. The topological polar surface area (TPSA) is 192 Å². The Balaban J connectivity index is 2.33. The van der Waals surface area contributed by atoms with Gasteiger partial charge in [0.15, 0.2) is 0 Å². The molecule has 1 saturated carbocycles. The second kappa shape index (κ2) is 38.5. The maximum Gasteiger partial charge on any atom is 0.472 e. The van der Waals surface area contributed by atoms with Crippen LogP contribution >= 0.6 is 7.82 Å². The van der Waals surface area contributed by atoms with Crippen LogP contribution < -0.4 is 0 Å². The SMILES string of the molecule is CCCCCCCCCC/C=C\CCCCCCCCCCCC(=O)OC(COCCCCCCCCCCCCCC)COP(=O)(O)OC1C(O)C(O)C(O)C(O)C1O. The zero-order valence-electron chi connectivity index (χ0n) is 38.0. The van der Waals surface area contributed by atoms with Gasteiger partial charge in [-0.15, -0.1) is 0 Å². The summed E-state index contributed by atoms with van der Waals surface area (Å²) in [4.78, 5) is 23.2. The fraction of sp³-hybridized carbons (Fsp3) is 0.936. The minimum atomic E-state index is -5.01. The van der Waals surface area contributed by atoms with Crippen molar-refractivity contribution < 1.29 is 58.3 Å². The Kier molecular flexibility index (Phi) is 36.7. The molecule has 12 nitrogen and oxygen atoms in total. The molecule has 6 N–H and O–H groups in total. The van der Waals surface area contributed by atoms with Gasteiger partial charge >= 0.3 is 13.8 Å². The number of hydrogen-bond acceptors (Lipinski definition) is 11. The van der Waals surface area contributed by atoms with Gasteiger partial charge in [-0.3, -0.25) is 13.8 Å². The van der Waals surface area contributed by atoms with Gasteiger partial charge in [-0.25, -0.2) is 4.57 Å². The maximum absolute atomic E-state index is 12.8. The van der Waals surface area contributed by atoms with E-state index in [0.29, 0.717) is 13.0 Å². The highest BCUT2D eigenvalue weighted by Gasteiger charge is 2.51. The van der Waals surface area contributed by atoms with Crippen LogP contribution in [0.2, 0.25) is 0 Å². The van der Waals surface area contributed by atoms with Crippen LogP contribution in [0.4, 0.5) is 0 Å². The number of phosphoric acid groups is 1. The van der Waals surface area contributed by atoms with Gasteiger partial charge in [-0.1, -0.05) is 187 Å². The highest BCUT2D eigenvalue weighted by atomic mass is 31.2. The fourth-order valence-corrected chi connectivity index (χ4v) is 8.68. The molecule has 1 aliphatic carbocycles. The van der Waals surface area contributed by atoms with Crippen molar-refractivity contribution in [3.63, 3.8) is 0 Å². The molecule has 60 heavy (non-hydrogen) atoms. The standard InChI is InChI=1S/C47H91O12P/c1-3-5-7-9-11-13-15-17-18-19-20-21-22-23-24-25-26-28-30-32-34-36-41(48)58-40(38-56-37-35-33-31-29-27-16-14-12-10-8-6-4-2)39-57-60(54,55)59-47-45(52)43(50)42(49)44(51)46(47)53/h19-20,40,42-47,49-53H,3-18,21-39H2,1-2H3,(H,54,55)/b20-19-. The zero-order chi connectivity index (χ0) is 44.1. The number of esters is 1. The third kappa shape index (κ3) is 30.2. The Morgan fingerprint density at radius 1 is 0.517 bits per heavy atom. The number of rotatable bonds is 42. The number of allylic oxidation sites excluding steroid dienone is 2. The van der Waals surface area contributed by atoms with E-state index < -0.39 is 63.1 Å². The zero-order valence-corrected chi connectivity index (χ0v) is 38.9. The number of carbonyl (C=O) groups excluding carboxylic acids is 1. The summed E-state index contributed by atoms with van der Waals surface area (Å²) in [5, 5.41) is 50.2. The largest absolute Gasteiger partial charge is 0.472 e. The molecule has 0 amide bonds. The van der Waals surface area contributed by atoms with E-state index in [1.807, 2.05) is 0 Å². The number of aliphatic hydroxyl groups is 5. The molecule has 0 spiro atoms. The molecule has 0 aliphatic heterocycles. The van der Waals surface area contributed by atoms with Gasteiger partial charge in [0, 0.05) is 13.0 Å². The van der Waals surface area contributed by atoms with Gasteiger partial charge in [-0.2, -0.15) is 0 Å². The van der Waals surface area contributed by atoms with E-state index in [0.717, 1.165) is 38.5 Å². The van der Waals surface area contributed by atoms with E-state index in [1.54, 1.807) is 0 Å². The van der Waals surface area contributed by atoms with Crippen LogP contribution in [0, 0.1) is 0 Å². The average Bonchev–Trinajstić information content (AvgIpc) is 3.23. The molecule has 6 unspecified atom stereocenters. The van der Waals surface area contributed by atoms with E-state index in [4.69, 9.17) is 18.5 Å². The third-order valence-electron chi connectivity index (χ3n) is 11.6. The summed E-state index contributed by atoms with van der Waals surface area (Å²) in [7, 11) is -5.01. The van der Waals surface area contributed by atoms with E-state index >= 15 is 0 Å². The van der Waals surface area contributed by atoms with Crippen molar-refractivity contribution in [1.29, 1.82) is 0 Å². The first-order chi connectivity index (χ1) is 29.0. The fourth-order valence-electron chi connectivity index (χ4n) is 7.70. The minimum Gasteiger partial charge on any atom is -0.457 e. The number of hydrogen-bond donors (Lipinski definition) is 6. The Labute approximate surface area is 365 Å². The number of phosphoric ester groups is 1. The monoisotopic (exact) mass is 879 g/mol. The van der Waals surface area contributed by atoms with Crippen LogP contribution in [0.25, 0.3) is 0 Å². The summed E-state index contributed by atoms with van der Waals surface area (Å²) in [6, 6.07) is 0. The lowest BCUT2D eigenvalue weighted by Crippen LogP contribution is -2.64. The molecule has 0 aromatic heterocycles. The van der Waals surface area contributed by atoms with Crippen molar-refractivity contribution in [2.45, 2.75) is 262 Å². The van der Waals surface area contributed by atoms with Crippen molar-refractivity contribution in [3.05, 3.63) is 12.2 Å². The first-order valence-corrected chi connectivity index (χ1v) is 26.0. The predicted octanol–water partition coefficient (Wildman–Crippen LogP) is 10.3. The third-order valence-corrected chi connectivity index (χ3v) is 12.6. The average molecular weight is 879 g/mol. The van der Waals surface area contributed by atoms with Crippen molar-refractivity contribution in [3.8, 4) is 0 Å². The summed E-state index contributed by atoms with van der Waals surface area (Å²) in [6.07, 6.45) is 30.0. The predicted molar refractivity (Wildman–Crippen MR) is 240 cm³/mol. The molecule has 0 aromatic rings. The lowest BCUT2D eigenvalue weighted by Gasteiger charge is -2.41. The van der Waals surface area contributed by atoms with Gasteiger partial charge < -0.3 is 39.9 Å². The maximum atomic E-state index is 12.8. The number of ether oxygens (including phenoxy) is 2. The van der Waals surface area contributed by atoms with E-state index in [-0.39, 0.29) is 13.0 Å². The molecule has 356 valence electrons. The van der Waals surface area contributed by atoms with Crippen molar-refractivity contribution in [1.82, 2.24) is 0 Å². The molecule has 1 fully saturated rings. The van der Waals surface area contributed by atoms with Crippen LogP contribution in [0.3, 0.4) is 0 Å². The number of aliphatic hydroxyl groups excluding tert-OH is 5. The summed E-state index contributed by atoms with van der Waals surface area (Å²) >= 11 is 0. The minimum absolute atomic E-state index is 0.0718. The number of unbranched alkanes of at least 4 members (excludes halogenated alkanes) is 28. The van der Waals surface area contributed by atoms with Crippen molar-refractivity contribution in [2.24, 2.45) is 0 Å². The highest BCUT2D eigenvalue weighted by Crippen LogP contribution is 2.47. The van der Waals surface area contributed by atoms with Gasteiger partial charge in [0.05, 0.1) is 13.2 Å². The second-order valence-electron chi connectivity index (χ2n) is 17.3. The second-order valence-corrected chi connectivity index (χ2v) is 18.7.